The van der Waals surface area contributed by atoms with Crippen LogP contribution in [0.2, 0.25) is 0 Å². The minimum atomic E-state index is -0.892. The Balaban J connectivity index is 1.65. The first-order valence-electron chi connectivity index (χ1n) is 11.3. The molecule has 3 amide bonds. The highest BCUT2D eigenvalue weighted by molar-refractivity contribution is 7.12. The van der Waals surface area contributed by atoms with Crippen LogP contribution in [0.15, 0.2) is 66.0 Å². The van der Waals surface area contributed by atoms with Crippen LogP contribution in [-0.4, -0.2) is 37.5 Å². The molecule has 0 saturated heterocycles. The second-order valence-corrected chi connectivity index (χ2v) is 8.65. The molecule has 1 heterocycles. The van der Waals surface area contributed by atoms with E-state index in [9.17, 15) is 14.4 Å². The molecular formula is C26H29N3O5S. The summed E-state index contributed by atoms with van der Waals surface area (Å²) in [5, 5.41) is 4.54. The Kier molecular flexibility index (Phi) is 9.68. The predicted molar refractivity (Wildman–Crippen MR) is 135 cm³/mol. The van der Waals surface area contributed by atoms with E-state index in [1.165, 1.54) is 18.4 Å². The number of rotatable bonds is 11. The van der Waals surface area contributed by atoms with Gasteiger partial charge in [-0.1, -0.05) is 49.7 Å². The molecule has 35 heavy (non-hydrogen) atoms. The van der Waals surface area contributed by atoms with E-state index in [0.29, 0.717) is 23.0 Å². The van der Waals surface area contributed by atoms with Gasteiger partial charge in [0.1, 0.15) is 6.04 Å². The quantitative estimate of drug-likeness (QED) is 0.278. The highest BCUT2D eigenvalue weighted by atomic mass is 32.1. The standard InChI is InChI=1S/C26H29N3O5S/c1-3-4-14-34-21-13-12-19(17-22(21)33-2)24(30)28-29-25(31)20(16-18-9-6-5-7-10-18)27-26(32)23-11-8-15-35-23/h5-13,15,17,20H,3-4,14,16H2,1-2H3,(H,27,32)(H,28,30)(H,29,31)/t20-/m0/s1. The van der Waals surface area contributed by atoms with E-state index >= 15 is 0 Å². The summed E-state index contributed by atoms with van der Waals surface area (Å²) >= 11 is 1.28. The number of hydrogen-bond donors (Lipinski definition) is 3. The molecule has 8 nitrogen and oxygen atoms in total. The van der Waals surface area contributed by atoms with Crippen LogP contribution in [-0.2, 0) is 11.2 Å². The van der Waals surface area contributed by atoms with Crippen LogP contribution in [0, 0.1) is 0 Å². The molecule has 3 N–H and O–H groups in total. The van der Waals surface area contributed by atoms with Crippen molar-refractivity contribution in [3.05, 3.63) is 82.0 Å². The van der Waals surface area contributed by atoms with Gasteiger partial charge in [-0.25, -0.2) is 0 Å². The summed E-state index contributed by atoms with van der Waals surface area (Å²) < 4.78 is 11.0. The van der Waals surface area contributed by atoms with Crippen LogP contribution < -0.4 is 25.6 Å². The maximum atomic E-state index is 12.9. The topological polar surface area (TPSA) is 106 Å². The lowest BCUT2D eigenvalue weighted by molar-refractivity contribution is -0.123. The minimum absolute atomic E-state index is 0.261. The van der Waals surface area contributed by atoms with Gasteiger partial charge in [0, 0.05) is 12.0 Å². The molecule has 0 bridgehead atoms. The molecule has 0 aliphatic heterocycles. The van der Waals surface area contributed by atoms with E-state index < -0.39 is 17.9 Å². The monoisotopic (exact) mass is 495 g/mol. The second-order valence-electron chi connectivity index (χ2n) is 7.70. The number of ether oxygens (including phenoxy) is 2. The van der Waals surface area contributed by atoms with Crippen molar-refractivity contribution in [3.8, 4) is 11.5 Å². The van der Waals surface area contributed by atoms with E-state index in [1.807, 2.05) is 30.3 Å². The SMILES string of the molecule is CCCCOc1ccc(C(=O)NNC(=O)[C@H](Cc2ccccc2)NC(=O)c2cccs2)cc1OC. The smallest absolute Gasteiger partial charge is 0.269 e. The molecular weight excluding hydrogens is 466 g/mol. The lowest BCUT2D eigenvalue weighted by atomic mass is 10.1. The number of hydrogen-bond acceptors (Lipinski definition) is 6. The average molecular weight is 496 g/mol. The maximum Gasteiger partial charge on any atom is 0.269 e. The molecule has 0 aliphatic rings. The van der Waals surface area contributed by atoms with Crippen molar-refractivity contribution in [3.63, 3.8) is 0 Å². The number of benzene rings is 2. The van der Waals surface area contributed by atoms with Gasteiger partial charge in [-0.05, 0) is 41.6 Å². The Morgan fingerprint density at radius 2 is 1.74 bits per heavy atom. The third kappa shape index (κ3) is 7.58. The van der Waals surface area contributed by atoms with E-state index in [1.54, 1.807) is 35.7 Å². The zero-order chi connectivity index (χ0) is 25.0. The second kappa shape index (κ2) is 13.1. The molecule has 0 aliphatic carbocycles. The van der Waals surface area contributed by atoms with Crippen LogP contribution in [0.3, 0.4) is 0 Å². The Morgan fingerprint density at radius 3 is 2.43 bits per heavy atom. The van der Waals surface area contributed by atoms with E-state index in [2.05, 4.69) is 23.1 Å². The number of nitrogens with one attached hydrogen (secondary N) is 3. The van der Waals surface area contributed by atoms with Gasteiger partial charge in [-0.2, -0.15) is 0 Å². The van der Waals surface area contributed by atoms with Crippen molar-refractivity contribution >= 4 is 29.1 Å². The number of carbonyl (C=O) groups is 3. The fraction of sp³-hybridized carbons (Fsp3) is 0.269. The molecule has 0 fully saturated rings. The zero-order valence-electron chi connectivity index (χ0n) is 19.7. The Bertz CT molecular complexity index is 1120. The average Bonchev–Trinajstić information content (AvgIpc) is 3.43. The summed E-state index contributed by atoms with van der Waals surface area (Å²) in [6.07, 6.45) is 2.17. The van der Waals surface area contributed by atoms with Crippen molar-refractivity contribution in [1.82, 2.24) is 16.2 Å². The number of thiophene rings is 1. The molecule has 3 rings (SSSR count). The van der Waals surface area contributed by atoms with Crippen LogP contribution in [0.25, 0.3) is 0 Å². The summed E-state index contributed by atoms with van der Waals surface area (Å²) in [5.74, 6) is -0.463. The van der Waals surface area contributed by atoms with Gasteiger partial charge < -0.3 is 14.8 Å². The largest absolute Gasteiger partial charge is 0.493 e. The van der Waals surface area contributed by atoms with Gasteiger partial charge >= 0.3 is 0 Å². The van der Waals surface area contributed by atoms with Crippen molar-refractivity contribution < 1.29 is 23.9 Å². The van der Waals surface area contributed by atoms with E-state index in [4.69, 9.17) is 9.47 Å². The summed E-state index contributed by atoms with van der Waals surface area (Å²) in [5.41, 5.74) is 5.99. The summed E-state index contributed by atoms with van der Waals surface area (Å²) in [7, 11) is 1.50. The van der Waals surface area contributed by atoms with Crippen molar-refractivity contribution in [2.24, 2.45) is 0 Å². The molecule has 0 unspecified atom stereocenters. The molecule has 3 aromatic rings. The molecule has 1 aromatic heterocycles. The summed E-state index contributed by atoms with van der Waals surface area (Å²) in [4.78, 5) is 38.7. The van der Waals surface area contributed by atoms with E-state index in [-0.39, 0.29) is 17.9 Å². The Morgan fingerprint density at radius 1 is 0.943 bits per heavy atom. The van der Waals surface area contributed by atoms with Gasteiger partial charge in [-0.3, -0.25) is 25.2 Å². The number of amides is 3. The number of methoxy groups -OCH3 is 1. The third-order valence-corrected chi connectivity index (χ3v) is 6.00. The van der Waals surface area contributed by atoms with Crippen molar-refractivity contribution in [2.45, 2.75) is 32.2 Å². The van der Waals surface area contributed by atoms with Gasteiger partial charge in [0.2, 0.25) is 0 Å². The summed E-state index contributed by atoms with van der Waals surface area (Å²) in [6.45, 7) is 2.62. The predicted octanol–water partition coefficient (Wildman–Crippen LogP) is 3.74. The summed E-state index contributed by atoms with van der Waals surface area (Å²) in [6, 6.07) is 16.7. The fourth-order valence-electron chi connectivity index (χ4n) is 3.23. The van der Waals surface area contributed by atoms with Crippen LogP contribution in [0.4, 0.5) is 0 Å². The molecule has 1 atom stereocenters. The maximum absolute atomic E-state index is 12.9. The zero-order valence-corrected chi connectivity index (χ0v) is 20.5. The molecule has 0 radical (unpaired) electrons. The third-order valence-electron chi connectivity index (χ3n) is 5.13. The first-order chi connectivity index (χ1) is 17.0. The van der Waals surface area contributed by atoms with Crippen LogP contribution in [0.5, 0.6) is 11.5 Å². The van der Waals surface area contributed by atoms with Gasteiger partial charge in [0.05, 0.1) is 18.6 Å². The molecule has 0 saturated carbocycles. The number of carbonyl (C=O) groups excluding carboxylic acids is 3. The number of hydrazine groups is 1. The van der Waals surface area contributed by atoms with Crippen LogP contribution in [0.1, 0.15) is 45.4 Å². The first kappa shape index (κ1) is 25.8. The fourth-order valence-corrected chi connectivity index (χ4v) is 3.86. The highest BCUT2D eigenvalue weighted by Crippen LogP contribution is 2.28. The highest BCUT2D eigenvalue weighted by Gasteiger charge is 2.23. The van der Waals surface area contributed by atoms with E-state index in [0.717, 1.165) is 18.4 Å². The Labute approximate surface area is 208 Å². The van der Waals surface area contributed by atoms with Gasteiger partial charge in [0.25, 0.3) is 17.7 Å². The minimum Gasteiger partial charge on any atom is -0.493 e. The Hall–Kier alpha value is -3.85. The van der Waals surface area contributed by atoms with Crippen molar-refractivity contribution in [2.75, 3.05) is 13.7 Å². The van der Waals surface area contributed by atoms with Gasteiger partial charge in [-0.15, -0.1) is 11.3 Å². The van der Waals surface area contributed by atoms with Crippen molar-refractivity contribution in [1.29, 1.82) is 0 Å². The molecule has 184 valence electrons. The first-order valence-corrected chi connectivity index (χ1v) is 12.2. The molecule has 0 spiro atoms. The van der Waals surface area contributed by atoms with Gasteiger partial charge in [0.15, 0.2) is 11.5 Å². The lowest BCUT2D eigenvalue weighted by Crippen LogP contribution is -2.53. The molecule has 2 aromatic carbocycles. The normalized spacial score (nSPS) is 11.3. The molecule has 9 heteroatoms. The number of unbranched alkanes of at least 4 members (excludes halogenated alkanes) is 1. The van der Waals surface area contributed by atoms with Crippen LogP contribution >= 0.6 is 11.3 Å². The lowest BCUT2D eigenvalue weighted by Gasteiger charge is -2.19.